The molecule has 4 aliphatic rings. The molecule has 0 aliphatic heterocycles. The molecule has 4 rings (SSSR count). The maximum atomic E-state index is 15.7. The number of Topliss-reactive ketones (excluding diaryl/α,β-unsaturated/α-hetero) is 1. The summed E-state index contributed by atoms with van der Waals surface area (Å²) in [6, 6.07) is 0. The third kappa shape index (κ3) is 1.76. The van der Waals surface area contributed by atoms with Crippen LogP contribution in [-0.2, 0) is 9.59 Å². The van der Waals surface area contributed by atoms with Gasteiger partial charge in [0.05, 0.1) is 4.32 Å². The largest absolute Gasteiger partial charge is 0.295 e. The predicted octanol–water partition coefficient (Wildman–Crippen LogP) is 4.72. The lowest BCUT2D eigenvalue weighted by Gasteiger charge is -2.63. The average Bonchev–Trinajstić information content (AvgIpc) is 2.74. The average molecular weight is 395 g/mol. The van der Waals surface area contributed by atoms with Crippen LogP contribution in [0, 0.1) is 22.7 Å². The van der Waals surface area contributed by atoms with Crippen LogP contribution in [-0.4, -0.2) is 22.1 Å². The molecular formula is C20H24BrFO2. The van der Waals surface area contributed by atoms with Crippen molar-refractivity contribution in [3.05, 3.63) is 23.8 Å². The Morgan fingerprint density at radius 2 is 1.96 bits per heavy atom. The molecule has 0 aromatic carbocycles. The lowest BCUT2D eigenvalue weighted by molar-refractivity contribution is -0.133. The van der Waals surface area contributed by atoms with E-state index in [1.165, 1.54) is 0 Å². The number of hydrogen-bond acceptors (Lipinski definition) is 2. The van der Waals surface area contributed by atoms with Gasteiger partial charge in [-0.2, -0.15) is 0 Å². The Bertz CT molecular complexity index is 698. The number of allylic oxidation sites excluding steroid dienone is 2. The van der Waals surface area contributed by atoms with E-state index in [1.807, 2.05) is 6.92 Å². The first-order chi connectivity index (χ1) is 11.1. The summed E-state index contributed by atoms with van der Waals surface area (Å²) in [6.07, 6.45) is 4.46. The Labute approximate surface area is 151 Å². The monoisotopic (exact) mass is 394 g/mol. The van der Waals surface area contributed by atoms with E-state index in [-0.39, 0.29) is 35.2 Å². The summed E-state index contributed by atoms with van der Waals surface area (Å²) in [7, 11) is 0. The lowest BCUT2D eigenvalue weighted by atomic mass is 9.46. The highest BCUT2D eigenvalue weighted by Gasteiger charge is 2.70. The van der Waals surface area contributed by atoms with Crippen LogP contribution >= 0.6 is 15.9 Å². The van der Waals surface area contributed by atoms with Crippen molar-refractivity contribution >= 4 is 27.5 Å². The quantitative estimate of drug-likeness (QED) is 0.439. The fourth-order valence-electron chi connectivity index (χ4n) is 6.25. The number of halogens is 2. The van der Waals surface area contributed by atoms with E-state index < -0.39 is 15.9 Å². The summed E-state index contributed by atoms with van der Waals surface area (Å²) in [5.74, 6) is 0.484. The van der Waals surface area contributed by atoms with E-state index in [4.69, 9.17) is 0 Å². The number of fused-ring (bicyclic) bond motifs is 5. The van der Waals surface area contributed by atoms with Gasteiger partial charge in [0.2, 0.25) is 0 Å². The maximum Gasteiger partial charge on any atom is 0.164 e. The van der Waals surface area contributed by atoms with Gasteiger partial charge in [-0.05, 0) is 55.6 Å². The van der Waals surface area contributed by atoms with Crippen molar-refractivity contribution in [2.45, 2.75) is 62.9 Å². The number of hydrogen-bond donors (Lipinski definition) is 0. The molecule has 0 aromatic heterocycles. The van der Waals surface area contributed by atoms with Gasteiger partial charge in [0, 0.05) is 17.3 Å². The van der Waals surface area contributed by atoms with Gasteiger partial charge in [-0.3, -0.25) is 9.59 Å². The molecule has 0 amide bonds. The molecule has 0 spiro atoms. The molecule has 0 radical (unpaired) electrons. The first kappa shape index (κ1) is 16.7. The summed E-state index contributed by atoms with van der Waals surface area (Å²) in [5, 5.41) is 0. The molecule has 6 atom stereocenters. The minimum Gasteiger partial charge on any atom is -0.295 e. The summed E-state index contributed by atoms with van der Waals surface area (Å²) < 4.78 is 15.0. The zero-order chi connectivity index (χ0) is 17.5. The van der Waals surface area contributed by atoms with Crippen LogP contribution in [0.3, 0.4) is 0 Å². The Kier molecular flexibility index (Phi) is 3.40. The highest BCUT2D eigenvalue weighted by molar-refractivity contribution is 9.10. The van der Waals surface area contributed by atoms with Gasteiger partial charge in [0.15, 0.2) is 11.6 Å². The van der Waals surface area contributed by atoms with Crippen LogP contribution < -0.4 is 0 Å². The normalized spacial score (nSPS) is 50.9. The van der Waals surface area contributed by atoms with E-state index in [1.54, 1.807) is 6.08 Å². The van der Waals surface area contributed by atoms with Gasteiger partial charge < -0.3 is 0 Å². The molecule has 0 aromatic rings. The highest BCUT2D eigenvalue weighted by Crippen LogP contribution is 2.70. The second-order valence-corrected chi connectivity index (χ2v) is 10.0. The van der Waals surface area contributed by atoms with Gasteiger partial charge in [-0.25, -0.2) is 4.39 Å². The van der Waals surface area contributed by atoms with E-state index >= 15 is 4.39 Å². The first-order valence-corrected chi connectivity index (χ1v) is 9.73. The topological polar surface area (TPSA) is 34.1 Å². The zero-order valence-electron chi connectivity index (χ0n) is 14.3. The molecule has 0 unspecified atom stereocenters. The standard InChI is InChI=1S/C20H24BrFO2/c1-11-8-15-14-5-4-12-9-13(23)6-7-19(12,3)20(14,21)16(22)10-18(15,2)17(11)24/h9,14-16H,1,4-8,10H2,2-3H3/t14-,15-,16-,18-,19-,20-/m0/s1. The molecule has 0 bridgehead atoms. The molecule has 4 aliphatic carbocycles. The van der Waals surface area contributed by atoms with Crippen LogP contribution in [0.15, 0.2) is 23.8 Å². The van der Waals surface area contributed by atoms with Crippen molar-refractivity contribution < 1.29 is 14.0 Å². The number of rotatable bonds is 0. The highest BCUT2D eigenvalue weighted by atomic mass is 79.9. The van der Waals surface area contributed by atoms with Crippen LogP contribution in [0.1, 0.15) is 52.4 Å². The van der Waals surface area contributed by atoms with Crippen molar-refractivity contribution in [1.82, 2.24) is 0 Å². The van der Waals surface area contributed by atoms with Crippen LogP contribution in [0.4, 0.5) is 4.39 Å². The van der Waals surface area contributed by atoms with E-state index in [9.17, 15) is 9.59 Å². The van der Waals surface area contributed by atoms with Gasteiger partial charge in [-0.15, -0.1) is 0 Å². The Hall–Kier alpha value is -0.770. The first-order valence-electron chi connectivity index (χ1n) is 8.94. The molecule has 3 saturated carbocycles. The van der Waals surface area contributed by atoms with Crippen molar-refractivity contribution in [1.29, 1.82) is 0 Å². The second kappa shape index (κ2) is 4.90. The molecule has 0 saturated heterocycles. The van der Waals surface area contributed by atoms with Crippen molar-refractivity contribution in [3.63, 3.8) is 0 Å². The molecule has 4 heteroatoms. The summed E-state index contributed by atoms with van der Waals surface area (Å²) in [6.45, 7) is 8.01. The van der Waals surface area contributed by atoms with E-state index in [2.05, 4.69) is 29.4 Å². The predicted molar refractivity (Wildman–Crippen MR) is 94.7 cm³/mol. The van der Waals surface area contributed by atoms with Gasteiger partial charge in [0.25, 0.3) is 0 Å². The van der Waals surface area contributed by atoms with Crippen molar-refractivity contribution in [3.8, 4) is 0 Å². The number of carbonyl (C=O) groups excluding carboxylic acids is 2. The van der Waals surface area contributed by atoms with Crippen molar-refractivity contribution in [2.75, 3.05) is 0 Å². The summed E-state index contributed by atoms with van der Waals surface area (Å²) in [5.41, 5.74) is 0.802. The van der Waals surface area contributed by atoms with Crippen LogP contribution in [0.2, 0.25) is 0 Å². The minimum absolute atomic E-state index is 0.0648. The van der Waals surface area contributed by atoms with Gasteiger partial charge in [-0.1, -0.05) is 41.9 Å². The molecule has 0 heterocycles. The summed E-state index contributed by atoms with van der Waals surface area (Å²) in [4.78, 5) is 24.5. The third-order valence-electron chi connectivity index (χ3n) is 7.69. The maximum absolute atomic E-state index is 15.7. The second-order valence-electron chi connectivity index (χ2n) is 8.71. The fraction of sp³-hybridized carbons (Fsp3) is 0.700. The smallest absolute Gasteiger partial charge is 0.164 e. The number of ketones is 2. The molecule has 2 nitrogen and oxygen atoms in total. The number of alkyl halides is 2. The van der Waals surface area contributed by atoms with Gasteiger partial charge in [0.1, 0.15) is 6.17 Å². The van der Waals surface area contributed by atoms with Crippen molar-refractivity contribution in [2.24, 2.45) is 22.7 Å². The van der Waals surface area contributed by atoms with E-state index in [0.29, 0.717) is 24.8 Å². The Morgan fingerprint density at radius 3 is 2.67 bits per heavy atom. The van der Waals surface area contributed by atoms with Gasteiger partial charge >= 0.3 is 0 Å². The Morgan fingerprint density at radius 1 is 1.25 bits per heavy atom. The van der Waals surface area contributed by atoms with E-state index in [0.717, 1.165) is 18.4 Å². The Balaban J connectivity index is 1.84. The van der Waals surface area contributed by atoms with Crippen LogP contribution in [0.25, 0.3) is 0 Å². The fourth-order valence-corrected chi connectivity index (χ4v) is 7.42. The lowest BCUT2D eigenvalue weighted by Crippen LogP contribution is -2.65. The third-order valence-corrected chi connectivity index (χ3v) is 9.65. The van der Waals surface area contributed by atoms with Crippen LogP contribution in [0.5, 0.6) is 0 Å². The SMILES string of the molecule is C=C1C[C@H]2[C@@H]3CCC4=CC(=O)CC[C@]4(C)[C@@]3(Br)[C@@H](F)C[C@]2(C)C1=O. The molecule has 0 N–H and O–H groups in total. The zero-order valence-corrected chi connectivity index (χ0v) is 15.9. The molecule has 130 valence electrons. The summed E-state index contributed by atoms with van der Waals surface area (Å²) >= 11 is 3.89. The molecule has 3 fully saturated rings. The molecular weight excluding hydrogens is 371 g/mol. The molecule has 24 heavy (non-hydrogen) atoms. The number of carbonyl (C=O) groups is 2. The minimum atomic E-state index is -1.10.